The van der Waals surface area contributed by atoms with Crippen LogP contribution in [-0.2, 0) is 63.8 Å². The van der Waals surface area contributed by atoms with Gasteiger partial charge in [-0.3, -0.25) is 14.8 Å². The van der Waals surface area contributed by atoms with Crippen molar-refractivity contribution in [2.24, 2.45) is 52.3 Å². The highest BCUT2D eigenvalue weighted by atomic mass is 16.5. The fraction of sp³-hybridized carbons (Fsp3) is 0.657. The van der Waals surface area contributed by atoms with Gasteiger partial charge in [0.05, 0.1) is 19.7 Å². The smallest absolute Gasteiger partial charge is 0.487 e. The molecule has 11 rings (SSSR count). The molecule has 1 amide bonds. The molecule has 1 atom stereocenters. The maximum absolute atomic E-state index is 10.7. The van der Waals surface area contributed by atoms with Gasteiger partial charge in [0.2, 0.25) is 5.91 Å². The average Bonchev–Trinajstić information content (AvgIpc) is 1.76. The topological polar surface area (TPSA) is 187 Å². The second-order valence-electron chi connectivity index (χ2n) is 33.5. The fourth-order valence-electron chi connectivity index (χ4n) is 10.3. The van der Waals surface area contributed by atoms with Crippen LogP contribution in [-0.4, -0.2) is 108 Å². The first kappa shape index (κ1) is 78.7. The number of carbonyl (C=O) groups excluding carboxylic acids is 1. The van der Waals surface area contributed by atoms with Crippen molar-refractivity contribution in [3.8, 4) is 5.75 Å². The summed E-state index contributed by atoms with van der Waals surface area (Å²) in [6, 6.07) is 20.1. The van der Waals surface area contributed by atoms with Gasteiger partial charge in [0.1, 0.15) is 18.1 Å². The maximum atomic E-state index is 10.7. The van der Waals surface area contributed by atoms with Gasteiger partial charge in [0.25, 0.3) is 0 Å². The molecule has 91 heavy (non-hydrogen) atoms. The number of benzene rings is 3. The van der Waals surface area contributed by atoms with Crippen molar-refractivity contribution in [1.29, 1.82) is 0 Å². The van der Waals surface area contributed by atoms with Gasteiger partial charge in [-0.25, -0.2) is 4.99 Å². The van der Waals surface area contributed by atoms with Gasteiger partial charge in [0.15, 0.2) is 18.4 Å². The predicted octanol–water partition coefficient (Wildman–Crippen LogP) is 14.1. The summed E-state index contributed by atoms with van der Waals surface area (Å²) < 4.78 is 32.6. The Morgan fingerprint density at radius 3 is 1.48 bits per heavy atom. The minimum atomic E-state index is -0.667. The van der Waals surface area contributed by atoms with E-state index in [4.69, 9.17) is 33.0 Å². The lowest BCUT2D eigenvalue weighted by Crippen LogP contribution is -2.34. The molecule has 0 radical (unpaired) electrons. The molecule has 1 unspecified atom stereocenters. The summed E-state index contributed by atoms with van der Waals surface area (Å²) in [5, 5.41) is 28.6. The molecular weight excluding hydrogens is 1130 g/mol. The SMILES string of the molecule is CB1CN=C(C(C)(C)C)O1.CB1Cc2ccc(C(C)(C)C)cc2O1.CB1OCc2cc(C(C)(C)C)ccc21.CB1OCc2ccc(C(C)(C)C)cc21.CC(C)(C)C1=CCOB1O.CC(C)(C)C1=NCC(=O)N1.CC(C)(C)C1=NCN=N1.CC(C)(C)C1CCB(O)O1. The third kappa shape index (κ3) is 25.5. The van der Waals surface area contributed by atoms with Crippen LogP contribution < -0.4 is 20.9 Å². The number of rotatable bonds is 0. The number of fused-ring (bicyclic) bond motifs is 3. The number of amidine groups is 2. The maximum Gasteiger partial charge on any atom is 0.487 e. The monoisotopic (exact) mass is 1250 g/mol. The summed E-state index contributed by atoms with van der Waals surface area (Å²) in [5.41, 5.74) is 13.0. The lowest BCUT2D eigenvalue weighted by Gasteiger charge is -2.26. The highest BCUT2D eigenvalue weighted by Crippen LogP contribution is 2.35. The van der Waals surface area contributed by atoms with E-state index >= 15 is 0 Å². The van der Waals surface area contributed by atoms with Crippen molar-refractivity contribution in [2.45, 2.75) is 248 Å². The van der Waals surface area contributed by atoms with Gasteiger partial charge in [-0.15, -0.1) is 5.11 Å². The van der Waals surface area contributed by atoms with Gasteiger partial charge in [-0.05, 0) is 116 Å². The van der Waals surface area contributed by atoms with E-state index < -0.39 is 14.2 Å². The average molecular weight is 1250 g/mol. The highest BCUT2D eigenvalue weighted by molar-refractivity contribution is 6.68. The number of nitrogens with zero attached hydrogens (tertiary/aromatic N) is 5. The molecule has 0 saturated carbocycles. The summed E-state index contributed by atoms with van der Waals surface area (Å²) in [6.45, 7) is 63.9. The minimum Gasteiger partial charge on any atom is -0.561 e. The molecule has 498 valence electrons. The van der Waals surface area contributed by atoms with Crippen LogP contribution in [0, 0.1) is 27.1 Å². The summed E-state index contributed by atoms with van der Waals surface area (Å²) in [7, 11) is -1.18. The Bertz CT molecular complexity index is 3040. The van der Waals surface area contributed by atoms with Crippen LogP contribution in [0.3, 0.4) is 0 Å². The summed E-state index contributed by atoms with van der Waals surface area (Å²) >= 11 is 0. The number of allylic oxidation sites excluding steroid dienone is 1. The molecule has 3 N–H and O–H groups in total. The minimum absolute atomic E-state index is 0.00456. The van der Waals surface area contributed by atoms with Crippen molar-refractivity contribution in [3.05, 3.63) is 99.5 Å². The van der Waals surface area contributed by atoms with E-state index in [1.165, 1.54) is 44.3 Å². The van der Waals surface area contributed by atoms with E-state index in [0.29, 0.717) is 26.7 Å². The summed E-state index contributed by atoms with van der Waals surface area (Å²) in [5.74, 6) is 3.66. The molecule has 0 bridgehead atoms. The number of nitrogens with one attached hydrogen (secondary N) is 1. The molecule has 3 aromatic carbocycles. The van der Waals surface area contributed by atoms with Gasteiger partial charge < -0.3 is 43.3 Å². The Kier molecular flexibility index (Phi) is 27.8. The zero-order valence-corrected chi connectivity index (χ0v) is 61.7. The summed E-state index contributed by atoms with van der Waals surface area (Å²) in [6.07, 6.45) is 5.85. The zero-order chi connectivity index (χ0) is 69.0. The Morgan fingerprint density at radius 2 is 1.10 bits per heavy atom. The first-order chi connectivity index (χ1) is 41.5. The normalized spacial score (nSPS) is 18.4. The number of hydrogen-bond acceptors (Lipinski definition) is 14. The van der Waals surface area contributed by atoms with E-state index in [1.807, 2.05) is 33.7 Å². The van der Waals surface area contributed by atoms with Gasteiger partial charge >= 0.3 is 41.9 Å². The van der Waals surface area contributed by atoms with Gasteiger partial charge in [-0.1, -0.05) is 234 Å². The lowest BCUT2D eigenvalue weighted by molar-refractivity contribution is -0.117. The number of amides is 1. The molecule has 8 aliphatic rings. The van der Waals surface area contributed by atoms with Crippen LogP contribution in [0.2, 0.25) is 33.6 Å². The van der Waals surface area contributed by atoms with E-state index in [2.05, 4.69) is 251 Å². The van der Waals surface area contributed by atoms with Crippen molar-refractivity contribution in [2.75, 3.05) is 26.3 Å². The Balaban J connectivity index is 0.000000223. The van der Waals surface area contributed by atoms with Gasteiger partial charge in [-0.2, -0.15) is 5.11 Å². The van der Waals surface area contributed by atoms with E-state index in [0.717, 1.165) is 67.5 Å². The first-order valence-electron chi connectivity index (χ1n) is 33.2. The molecule has 1 saturated heterocycles. The molecule has 21 heteroatoms. The van der Waals surface area contributed by atoms with Crippen LogP contribution >= 0.6 is 0 Å². The van der Waals surface area contributed by atoms with E-state index in [-0.39, 0.29) is 76.1 Å². The largest absolute Gasteiger partial charge is 0.561 e. The standard InChI is InChI=1S/3C12H17BO.C7H14BNO.C7H13BO2.C7H15BO2.C7H12N2O.C6H11N3/c1-12(2,3)10-5-6-11-9(7-10)8-14-13(11)4;1-12(2,3)10-6-5-9-8-14-13(4)11(9)7-10;1-12(2,3)10-6-5-9-8-13(4)14-11(9)7-10;1-7(2,3)6-9-5-8(4)10-6;1-7(2,3)6-4-5-10-8(6)9;1-7(2,3)6-4-5-8(9)10-6;1-7(2,3)6-8-4-5(10)9-6;1-6(2,3)5-7-4-8-9-5/h3*5-7H,8H2,1-4H3;5H2,1-4H3;4,9H,5H2,1-3H3;6,9H,4-5H2,1-3H3;4H2,1-3H3,(H,8,9,10);4H2,1-3H3. The predicted molar refractivity (Wildman–Crippen MR) is 388 cm³/mol. The number of aliphatic imine (C=N–C) groups is 3. The number of hydrogen-bond donors (Lipinski definition) is 3. The molecule has 8 aliphatic heterocycles. The quantitative estimate of drug-likeness (QED) is 0.184. The number of azo groups is 1. The third-order valence-electron chi connectivity index (χ3n) is 16.2. The molecule has 15 nitrogen and oxygen atoms in total. The second-order valence-corrected chi connectivity index (χ2v) is 33.5. The van der Waals surface area contributed by atoms with Crippen LogP contribution in [0.1, 0.15) is 206 Å². The molecule has 1 fully saturated rings. The Morgan fingerprint density at radius 1 is 0.549 bits per heavy atom. The van der Waals surface area contributed by atoms with E-state index in [1.54, 1.807) is 0 Å². The van der Waals surface area contributed by atoms with Crippen molar-refractivity contribution in [1.82, 2.24) is 5.32 Å². The molecule has 3 aromatic rings. The number of carbonyl (C=O) groups is 1. The molecular formula is C70H116B6N6O9. The van der Waals surface area contributed by atoms with E-state index in [9.17, 15) is 9.82 Å². The second kappa shape index (κ2) is 32.1. The van der Waals surface area contributed by atoms with Gasteiger partial charge in [0, 0.05) is 29.0 Å². The highest BCUT2D eigenvalue weighted by Gasteiger charge is 2.37. The van der Waals surface area contributed by atoms with Crippen LogP contribution in [0.15, 0.2) is 91.4 Å². The van der Waals surface area contributed by atoms with Crippen molar-refractivity contribution in [3.63, 3.8) is 0 Å². The van der Waals surface area contributed by atoms with Crippen LogP contribution in [0.5, 0.6) is 5.75 Å². The first-order valence-corrected chi connectivity index (χ1v) is 33.2. The molecule has 0 aromatic heterocycles. The lowest BCUT2D eigenvalue weighted by atomic mass is 9.63. The van der Waals surface area contributed by atoms with Crippen LogP contribution in [0.25, 0.3) is 0 Å². The summed E-state index contributed by atoms with van der Waals surface area (Å²) in [4.78, 5) is 23.1. The molecule has 0 aliphatic carbocycles. The van der Waals surface area contributed by atoms with Crippen LogP contribution in [0.4, 0.5) is 0 Å². The fourth-order valence-corrected chi connectivity index (χ4v) is 10.3. The Hall–Kier alpha value is -4.77. The molecule has 8 heterocycles. The van der Waals surface area contributed by atoms with Crippen molar-refractivity contribution < 1.29 is 42.8 Å². The zero-order valence-electron chi connectivity index (χ0n) is 61.7. The van der Waals surface area contributed by atoms with Crippen molar-refractivity contribution >= 4 is 76.3 Å². The third-order valence-corrected chi connectivity index (χ3v) is 16.2. The Labute approximate surface area is 553 Å². The molecule has 0 spiro atoms.